The molecule has 1 aromatic rings. The summed E-state index contributed by atoms with van der Waals surface area (Å²) < 4.78 is 4.70. The van der Waals surface area contributed by atoms with E-state index < -0.39 is 12.0 Å². The Morgan fingerprint density at radius 2 is 1.63 bits per heavy atom. The predicted molar refractivity (Wildman–Crippen MR) is 74.0 cm³/mol. The molecular weight excluding hydrogens is 242 g/mol. The second-order valence-electron chi connectivity index (χ2n) is 5.09. The van der Waals surface area contributed by atoms with E-state index in [-0.39, 0.29) is 11.8 Å². The van der Waals surface area contributed by atoms with Gasteiger partial charge in [0.2, 0.25) is 0 Å². The Hall–Kier alpha value is -1.84. The quantitative estimate of drug-likeness (QED) is 0.847. The van der Waals surface area contributed by atoms with Crippen molar-refractivity contribution in [3.8, 4) is 0 Å². The smallest absolute Gasteiger partial charge is 0.328 e. The molecule has 104 valence electrons. The summed E-state index contributed by atoms with van der Waals surface area (Å²) in [6, 6.07) is 4.98. The Morgan fingerprint density at radius 3 is 2.05 bits per heavy atom. The van der Waals surface area contributed by atoms with E-state index in [1.54, 1.807) is 12.1 Å². The summed E-state index contributed by atoms with van der Waals surface area (Å²) in [5, 5.41) is 2.72. The third kappa shape index (κ3) is 4.09. The van der Waals surface area contributed by atoms with E-state index in [9.17, 15) is 9.59 Å². The fraction of sp³-hybridized carbons (Fsp3) is 0.467. The molecule has 0 aliphatic heterocycles. The zero-order valence-corrected chi connectivity index (χ0v) is 12.1. The summed E-state index contributed by atoms with van der Waals surface area (Å²) in [6.45, 7) is 7.60. The minimum absolute atomic E-state index is 0.0256. The van der Waals surface area contributed by atoms with Crippen LogP contribution >= 0.6 is 0 Å². The maximum Gasteiger partial charge on any atom is 0.328 e. The van der Waals surface area contributed by atoms with Crippen molar-refractivity contribution in [1.29, 1.82) is 0 Å². The van der Waals surface area contributed by atoms with Crippen molar-refractivity contribution in [2.75, 3.05) is 7.11 Å². The van der Waals surface area contributed by atoms with Gasteiger partial charge in [-0.1, -0.05) is 31.0 Å². The van der Waals surface area contributed by atoms with Crippen molar-refractivity contribution < 1.29 is 14.3 Å². The third-order valence-electron chi connectivity index (χ3n) is 2.89. The van der Waals surface area contributed by atoms with E-state index in [4.69, 9.17) is 4.74 Å². The Kier molecular flexibility index (Phi) is 5.10. The normalized spacial score (nSPS) is 12.1. The first kappa shape index (κ1) is 15.2. The molecule has 0 aliphatic carbocycles. The largest absolute Gasteiger partial charge is 0.467 e. The van der Waals surface area contributed by atoms with Gasteiger partial charge < -0.3 is 10.1 Å². The number of carbonyl (C=O) groups excluding carboxylic acids is 2. The molecule has 0 fully saturated rings. The number of carbonyl (C=O) groups is 2. The van der Waals surface area contributed by atoms with Gasteiger partial charge in [0.1, 0.15) is 6.04 Å². The van der Waals surface area contributed by atoms with E-state index in [1.165, 1.54) is 7.11 Å². The number of esters is 1. The summed E-state index contributed by atoms with van der Waals surface area (Å²) in [5.74, 6) is -0.703. The van der Waals surface area contributed by atoms with Crippen LogP contribution in [0.15, 0.2) is 18.2 Å². The number of benzene rings is 1. The van der Waals surface area contributed by atoms with Crippen molar-refractivity contribution >= 4 is 11.9 Å². The summed E-state index contributed by atoms with van der Waals surface area (Å²) in [7, 11) is 1.32. The molecule has 0 bridgehead atoms. The molecule has 0 saturated carbocycles. The first-order valence-electron chi connectivity index (χ1n) is 6.32. The number of methoxy groups -OCH3 is 1. The topological polar surface area (TPSA) is 55.4 Å². The molecule has 1 aromatic carbocycles. The molecule has 0 saturated heterocycles. The number of nitrogens with one attached hydrogen (secondary N) is 1. The average molecular weight is 263 g/mol. The number of aryl methyl sites for hydroxylation is 2. The summed E-state index contributed by atoms with van der Waals surface area (Å²) in [6.07, 6.45) is 0. The predicted octanol–water partition coefficient (Wildman–Crippen LogP) is 2.23. The summed E-state index contributed by atoms with van der Waals surface area (Å²) >= 11 is 0. The Balaban J connectivity index is 2.90. The van der Waals surface area contributed by atoms with Gasteiger partial charge in [0.25, 0.3) is 5.91 Å². The maximum absolute atomic E-state index is 12.2. The number of ether oxygens (including phenoxy) is 1. The monoisotopic (exact) mass is 263 g/mol. The molecule has 0 aliphatic rings. The lowest BCUT2D eigenvalue weighted by atomic mass is 10.0. The molecule has 0 radical (unpaired) electrons. The highest BCUT2D eigenvalue weighted by atomic mass is 16.5. The van der Waals surface area contributed by atoms with Crippen molar-refractivity contribution in [3.63, 3.8) is 0 Å². The minimum atomic E-state index is -0.627. The lowest BCUT2D eigenvalue weighted by Crippen LogP contribution is -2.45. The van der Waals surface area contributed by atoms with Gasteiger partial charge in [-0.15, -0.1) is 0 Å². The van der Waals surface area contributed by atoms with Crippen LogP contribution in [0.25, 0.3) is 0 Å². The molecule has 4 heteroatoms. The molecule has 1 unspecified atom stereocenters. The lowest BCUT2D eigenvalue weighted by molar-refractivity contribution is -0.144. The van der Waals surface area contributed by atoms with Gasteiger partial charge in [0, 0.05) is 5.56 Å². The second-order valence-corrected chi connectivity index (χ2v) is 5.09. The lowest BCUT2D eigenvalue weighted by Gasteiger charge is -2.20. The molecule has 0 spiro atoms. The van der Waals surface area contributed by atoms with Gasteiger partial charge in [-0.05, 0) is 31.9 Å². The fourth-order valence-corrected chi connectivity index (χ4v) is 1.96. The Morgan fingerprint density at radius 1 is 1.11 bits per heavy atom. The Bertz CT molecular complexity index is 460. The van der Waals surface area contributed by atoms with E-state index in [0.717, 1.165) is 11.1 Å². The molecule has 0 heterocycles. The zero-order chi connectivity index (χ0) is 14.6. The van der Waals surface area contributed by atoms with Crippen LogP contribution in [0.3, 0.4) is 0 Å². The van der Waals surface area contributed by atoms with Crippen LogP contribution in [0.4, 0.5) is 0 Å². The SMILES string of the molecule is COC(=O)C(NC(=O)c1cc(C)cc(C)c1)C(C)C. The van der Waals surface area contributed by atoms with Gasteiger partial charge in [-0.25, -0.2) is 4.79 Å². The van der Waals surface area contributed by atoms with Crippen LogP contribution in [0.2, 0.25) is 0 Å². The highest BCUT2D eigenvalue weighted by Gasteiger charge is 2.25. The molecule has 1 N–H and O–H groups in total. The van der Waals surface area contributed by atoms with Gasteiger partial charge in [0.05, 0.1) is 7.11 Å². The number of rotatable bonds is 4. The Labute approximate surface area is 114 Å². The summed E-state index contributed by atoms with van der Waals surface area (Å²) in [5.41, 5.74) is 2.60. The van der Waals surface area contributed by atoms with Crippen LogP contribution in [0.5, 0.6) is 0 Å². The van der Waals surface area contributed by atoms with Crippen LogP contribution < -0.4 is 5.32 Å². The third-order valence-corrected chi connectivity index (χ3v) is 2.89. The van der Waals surface area contributed by atoms with Gasteiger partial charge >= 0.3 is 5.97 Å². The van der Waals surface area contributed by atoms with Crippen molar-refractivity contribution in [1.82, 2.24) is 5.32 Å². The first-order valence-corrected chi connectivity index (χ1v) is 6.32. The molecule has 19 heavy (non-hydrogen) atoms. The van der Waals surface area contributed by atoms with E-state index in [0.29, 0.717) is 5.56 Å². The molecule has 1 atom stereocenters. The van der Waals surface area contributed by atoms with Crippen LogP contribution in [0, 0.1) is 19.8 Å². The zero-order valence-electron chi connectivity index (χ0n) is 12.1. The number of hydrogen-bond acceptors (Lipinski definition) is 3. The standard InChI is InChI=1S/C15H21NO3/c1-9(2)13(15(18)19-5)16-14(17)12-7-10(3)6-11(4)8-12/h6-9,13H,1-5H3,(H,16,17). The second kappa shape index (κ2) is 6.36. The van der Waals surface area contributed by atoms with E-state index in [1.807, 2.05) is 33.8 Å². The van der Waals surface area contributed by atoms with Gasteiger partial charge in [-0.3, -0.25) is 4.79 Å². The van der Waals surface area contributed by atoms with E-state index >= 15 is 0 Å². The minimum Gasteiger partial charge on any atom is -0.467 e. The average Bonchev–Trinajstić information content (AvgIpc) is 2.33. The van der Waals surface area contributed by atoms with Crippen molar-refractivity contribution in [2.45, 2.75) is 33.7 Å². The van der Waals surface area contributed by atoms with E-state index in [2.05, 4.69) is 5.32 Å². The highest BCUT2D eigenvalue weighted by Crippen LogP contribution is 2.10. The van der Waals surface area contributed by atoms with Crippen molar-refractivity contribution in [3.05, 3.63) is 34.9 Å². The fourth-order valence-electron chi connectivity index (χ4n) is 1.96. The maximum atomic E-state index is 12.2. The molecule has 4 nitrogen and oxygen atoms in total. The number of hydrogen-bond donors (Lipinski definition) is 1. The summed E-state index contributed by atoms with van der Waals surface area (Å²) in [4.78, 5) is 23.8. The first-order chi connectivity index (χ1) is 8.85. The van der Waals surface area contributed by atoms with Gasteiger partial charge in [0.15, 0.2) is 0 Å². The van der Waals surface area contributed by atoms with Crippen LogP contribution in [0.1, 0.15) is 35.3 Å². The highest BCUT2D eigenvalue weighted by molar-refractivity contribution is 5.97. The molecular formula is C15H21NO3. The molecule has 1 rings (SSSR count). The molecule has 0 aromatic heterocycles. The van der Waals surface area contributed by atoms with Gasteiger partial charge in [-0.2, -0.15) is 0 Å². The van der Waals surface area contributed by atoms with Crippen molar-refractivity contribution in [2.24, 2.45) is 5.92 Å². The molecule has 1 amide bonds. The van der Waals surface area contributed by atoms with Crippen LogP contribution in [-0.4, -0.2) is 25.0 Å². The van der Waals surface area contributed by atoms with Crippen LogP contribution in [-0.2, 0) is 9.53 Å². The number of amides is 1.